The number of aryl methyl sites for hydroxylation is 1. The number of halogens is 1. The molecular formula is C5H4ClNOS. The first-order valence-corrected chi connectivity index (χ1v) is 3.48. The number of aromatic nitrogens is 1. The Morgan fingerprint density at radius 2 is 2.44 bits per heavy atom. The van der Waals surface area contributed by atoms with E-state index < -0.39 is 0 Å². The minimum absolute atomic E-state index is 0.481. The second-order valence-electron chi connectivity index (χ2n) is 1.56. The number of hydrogen-bond acceptors (Lipinski definition) is 3. The Kier molecular flexibility index (Phi) is 1.83. The monoisotopic (exact) mass is 161 g/mol. The fourth-order valence-corrected chi connectivity index (χ4v) is 1.29. The van der Waals surface area contributed by atoms with Crippen LogP contribution in [0.3, 0.4) is 0 Å². The quantitative estimate of drug-likeness (QED) is 0.589. The van der Waals surface area contributed by atoms with Crippen molar-refractivity contribution in [2.45, 2.75) is 6.92 Å². The summed E-state index contributed by atoms with van der Waals surface area (Å²) in [5.74, 6) is 0. The third-order valence-electron chi connectivity index (χ3n) is 0.922. The second-order valence-corrected chi connectivity index (χ2v) is 2.75. The third kappa shape index (κ3) is 1.11. The van der Waals surface area contributed by atoms with E-state index in [9.17, 15) is 4.79 Å². The zero-order valence-corrected chi connectivity index (χ0v) is 6.29. The highest BCUT2D eigenvalue weighted by molar-refractivity contribution is 7.08. The van der Waals surface area contributed by atoms with Crippen LogP contribution in [0, 0.1) is 6.92 Å². The molecule has 1 heterocycles. The topological polar surface area (TPSA) is 30.0 Å². The average molecular weight is 162 g/mol. The highest BCUT2D eigenvalue weighted by Gasteiger charge is 2.04. The van der Waals surface area contributed by atoms with E-state index in [1.54, 1.807) is 6.92 Å². The first-order chi connectivity index (χ1) is 4.25. The minimum Gasteiger partial charge on any atom is -0.297 e. The highest BCUT2D eigenvalue weighted by atomic mass is 35.5. The molecule has 0 aromatic carbocycles. The summed E-state index contributed by atoms with van der Waals surface area (Å²) in [6, 6.07) is 0. The predicted molar refractivity (Wildman–Crippen MR) is 37.2 cm³/mol. The number of carbonyl (C=O) groups excluding carboxylic acids is 1. The summed E-state index contributed by atoms with van der Waals surface area (Å²) < 4.78 is 3.87. The lowest BCUT2D eigenvalue weighted by Gasteiger charge is -1.79. The lowest BCUT2D eigenvalue weighted by molar-refractivity contribution is 0.112. The van der Waals surface area contributed by atoms with Crippen LogP contribution >= 0.6 is 23.1 Å². The summed E-state index contributed by atoms with van der Waals surface area (Å²) in [7, 11) is 0. The van der Waals surface area contributed by atoms with Crippen LogP contribution in [0.4, 0.5) is 0 Å². The van der Waals surface area contributed by atoms with Gasteiger partial charge in [-0.3, -0.25) is 4.79 Å². The van der Waals surface area contributed by atoms with Gasteiger partial charge >= 0.3 is 0 Å². The van der Waals surface area contributed by atoms with E-state index in [0.717, 1.165) is 17.2 Å². The molecule has 0 amide bonds. The maximum absolute atomic E-state index is 10.1. The van der Waals surface area contributed by atoms with Crippen LogP contribution in [-0.2, 0) is 0 Å². The molecule has 0 radical (unpaired) electrons. The summed E-state index contributed by atoms with van der Waals surface area (Å²) in [5.41, 5.74) is 0.726. The number of hydrogen-bond donors (Lipinski definition) is 0. The zero-order valence-electron chi connectivity index (χ0n) is 4.72. The molecule has 1 rings (SSSR count). The second kappa shape index (κ2) is 2.45. The molecule has 1 aromatic rings. The molecule has 0 aliphatic carbocycles. The molecule has 48 valence electrons. The molecule has 0 N–H and O–H groups in total. The van der Waals surface area contributed by atoms with Gasteiger partial charge in [0.1, 0.15) is 4.88 Å². The molecule has 2 nitrogen and oxygen atoms in total. The normalized spacial score (nSPS) is 9.56. The molecule has 0 spiro atoms. The predicted octanol–water partition coefficient (Wildman–Crippen LogP) is 1.92. The van der Waals surface area contributed by atoms with Crippen molar-refractivity contribution in [3.8, 4) is 0 Å². The van der Waals surface area contributed by atoms with Gasteiger partial charge in [-0.1, -0.05) is 11.6 Å². The van der Waals surface area contributed by atoms with Gasteiger partial charge in [0.2, 0.25) is 0 Å². The molecule has 0 unspecified atom stereocenters. The van der Waals surface area contributed by atoms with Crippen LogP contribution in [-0.4, -0.2) is 10.7 Å². The van der Waals surface area contributed by atoms with E-state index in [4.69, 9.17) is 11.6 Å². The van der Waals surface area contributed by atoms with Crippen LogP contribution in [0.25, 0.3) is 0 Å². The number of rotatable bonds is 1. The van der Waals surface area contributed by atoms with Crippen molar-refractivity contribution in [1.29, 1.82) is 0 Å². The Bertz CT molecular complexity index is 233. The van der Waals surface area contributed by atoms with E-state index in [1.807, 2.05) is 0 Å². The van der Waals surface area contributed by atoms with Crippen LogP contribution in [0.1, 0.15) is 15.4 Å². The van der Waals surface area contributed by atoms with Gasteiger partial charge < -0.3 is 0 Å². The molecule has 0 aliphatic rings. The smallest absolute Gasteiger partial charge is 0.163 e. The summed E-state index contributed by atoms with van der Waals surface area (Å²) >= 11 is 6.75. The Hall–Kier alpha value is -0.410. The summed E-state index contributed by atoms with van der Waals surface area (Å²) in [6.45, 7) is 1.77. The molecule has 0 atom stereocenters. The average Bonchev–Trinajstić information content (AvgIpc) is 2.15. The number of carbonyl (C=O) groups is 1. The number of nitrogens with zero attached hydrogens (tertiary/aromatic N) is 1. The Labute approximate surface area is 61.6 Å². The largest absolute Gasteiger partial charge is 0.297 e. The molecule has 0 aliphatic heterocycles. The van der Waals surface area contributed by atoms with Crippen LogP contribution in [0.15, 0.2) is 0 Å². The summed E-state index contributed by atoms with van der Waals surface area (Å²) in [5, 5.41) is 0.481. The SMILES string of the molecule is Cc1nsc(C=O)c1Cl. The highest BCUT2D eigenvalue weighted by Crippen LogP contribution is 2.21. The van der Waals surface area contributed by atoms with Gasteiger partial charge in [0.15, 0.2) is 6.29 Å². The van der Waals surface area contributed by atoms with Crippen molar-refractivity contribution in [3.05, 3.63) is 15.6 Å². The van der Waals surface area contributed by atoms with Gasteiger partial charge in [0.25, 0.3) is 0 Å². The lowest BCUT2D eigenvalue weighted by atomic mass is 10.4. The standard InChI is InChI=1S/C5H4ClNOS/c1-3-5(6)4(2-8)9-7-3/h2H,1H3. The molecule has 0 bridgehead atoms. The maximum Gasteiger partial charge on any atom is 0.163 e. The lowest BCUT2D eigenvalue weighted by Crippen LogP contribution is -1.71. The van der Waals surface area contributed by atoms with Gasteiger partial charge in [-0.15, -0.1) is 0 Å². The van der Waals surface area contributed by atoms with Crippen LogP contribution < -0.4 is 0 Å². The van der Waals surface area contributed by atoms with E-state index in [2.05, 4.69) is 4.37 Å². The van der Waals surface area contributed by atoms with Gasteiger partial charge in [0, 0.05) is 0 Å². The number of aldehydes is 1. The van der Waals surface area contributed by atoms with Crippen molar-refractivity contribution in [2.24, 2.45) is 0 Å². The van der Waals surface area contributed by atoms with E-state index >= 15 is 0 Å². The molecule has 0 saturated carbocycles. The molecule has 9 heavy (non-hydrogen) atoms. The Morgan fingerprint density at radius 1 is 1.78 bits per heavy atom. The fraction of sp³-hybridized carbons (Fsp3) is 0.200. The van der Waals surface area contributed by atoms with E-state index in [0.29, 0.717) is 16.2 Å². The molecule has 4 heteroatoms. The first kappa shape index (κ1) is 6.71. The van der Waals surface area contributed by atoms with Crippen molar-refractivity contribution in [2.75, 3.05) is 0 Å². The Morgan fingerprint density at radius 3 is 2.67 bits per heavy atom. The van der Waals surface area contributed by atoms with Gasteiger partial charge in [-0.25, -0.2) is 0 Å². The van der Waals surface area contributed by atoms with Crippen molar-refractivity contribution in [1.82, 2.24) is 4.37 Å². The van der Waals surface area contributed by atoms with Crippen molar-refractivity contribution in [3.63, 3.8) is 0 Å². The Balaban J connectivity index is 3.18. The molecule has 0 fully saturated rings. The van der Waals surface area contributed by atoms with Crippen molar-refractivity contribution >= 4 is 29.4 Å². The van der Waals surface area contributed by atoms with Crippen molar-refractivity contribution < 1.29 is 4.79 Å². The zero-order chi connectivity index (χ0) is 6.85. The minimum atomic E-state index is 0.481. The molecular weight excluding hydrogens is 158 g/mol. The van der Waals surface area contributed by atoms with Gasteiger partial charge in [-0.2, -0.15) is 4.37 Å². The summed E-state index contributed by atoms with van der Waals surface area (Å²) in [4.78, 5) is 10.6. The van der Waals surface area contributed by atoms with Crippen LogP contribution in [0.5, 0.6) is 0 Å². The van der Waals surface area contributed by atoms with Gasteiger partial charge in [-0.05, 0) is 18.5 Å². The summed E-state index contributed by atoms with van der Waals surface area (Å²) in [6.07, 6.45) is 0.715. The fourth-order valence-electron chi connectivity index (χ4n) is 0.449. The third-order valence-corrected chi connectivity index (χ3v) is 2.37. The van der Waals surface area contributed by atoms with Crippen LogP contribution in [0.2, 0.25) is 5.02 Å². The molecule has 1 aromatic heterocycles. The first-order valence-electron chi connectivity index (χ1n) is 2.32. The maximum atomic E-state index is 10.1. The molecule has 0 saturated heterocycles. The van der Waals surface area contributed by atoms with Gasteiger partial charge in [0.05, 0.1) is 10.7 Å². The van der Waals surface area contributed by atoms with E-state index in [1.165, 1.54) is 0 Å². The van der Waals surface area contributed by atoms with E-state index in [-0.39, 0.29) is 0 Å².